The zero-order valence-corrected chi connectivity index (χ0v) is 14.8. The van der Waals surface area contributed by atoms with Crippen molar-refractivity contribution in [3.8, 4) is 0 Å². The second-order valence-electron chi connectivity index (χ2n) is 6.54. The van der Waals surface area contributed by atoms with Gasteiger partial charge in [-0.15, -0.1) is 0 Å². The van der Waals surface area contributed by atoms with Crippen molar-refractivity contribution >= 4 is 34.8 Å². The molecule has 7 heteroatoms. The number of thiocarbonyl (C=S) groups is 1. The summed E-state index contributed by atoms with van der Waals surface area (Å²) in [6, 6.07) is 1.94. The number of carbonyl (C=O) groups is 1. The van der Waals surface area contributed by atoms with Gasteiger partial charge in [-0.3, -0.25) is 4.98 Å². The molecule has 6 nitrogen and oxygen atoms in total. The number of rotatable bonds is 2. The van der Waals surface area contributed by atoms with Gasteiger partial charge in [-0.2, -0.15) is 4.99 Å². The lowest BCUT2D eigenvalue weighted by Crippen LogP contribution is -2.55. The van der Waals surface area contributed by atoms with E-state index in [4.69, 9.17) is 4.74 Å². The van der Waals surface area contributed by atoms with Gasteiger partial charge in [0.05, 0.1) is 17.0 Å². The van der Waals surface area contributed by atoms with Crippen molar-refractivity contribution in [3.05, 3.63) is 18.5 Å². The molecule has 124 valence electrons. The predicted molar refractivity (Wildman–Crippen MR) is 93.5 cm³/mol. The van der Waals surface area contributed by atoms with E-state index in [0.717, 1.165) is 5.69 Å². The average Bonchev–Trinajstić information content (AvgIpc) is 2.46. The van der Waals surface area contributed by atoms with Crippen LogP contribution in [0.25, 0.3) is 0 Å². The molecule has 1 aliphatic heterocycles. The number of hydrogen-bond acceptors (Lipinski definition) is 6. The van der Waals surface area contributed by atoms with Crippen LogP contribution in [0.5, 0.6) is 0 Å². The Balaban J connectivity index is 2.10. The van der Waals surface area contributed by atoms with E-state index in [9.17, 15) is 4.79 Å². The maximum Gasteiger partial charge on any atom is 0.410 e. The zero-order valence-electron chi connectivity index (χ0n) is 13.9. The van der Waals surface area contributed by atoms with Crippen LogP contribution in [0.15, 0.2) is 23.5 Å². The quantitative estimate of drug-likeness (QED) is 0.614. The monoisotopic (exact) mass is 334 g/mol. The van der Waals surface area contributed by atoms with E-state index in [0.29, 0.717) is 25.3 Å². The molecule has 0 saturated carbocycles. The molecule has 1 amide bonds. The van der Waals surface area contributed by atoms with Gasteiger partial charge in [-0.05, 0) is 46.0 Å². The lowest BCUT2D eigenvalue weighted by atomic mass is 10.1. The molecule has 1 aromatic heterocycles. The summed E-state index contributed by atoms with van der Waals surface area (Å²) in [4.78, 5) is 24.4. The minimum Gasteiger partial charge on any atom is -0.444 e. The summed E-state index contributed by atoms with van der Waals surface area (Å²) in [6.45, 7) is 9.63. The molecule has 1 atom stereocenters. The van der Waals surface area contributed by atoms with Gasteiger partial charge in [0.1, 0.15) is 11.3 Å². The maximum atomic E-state index is 12.3. The molecular formula is C16H22N4O2S. The van der Waals surface area contributed by atoms with Crippen molar-refractivity contribution in [2.24, 2.45) is 4.99 Å². The molecule has 1 saturated heterocycles. The molecular weight excluding hydrogens is 312 g/mol. The van der Waals surface area contributed by atoms with Crippen molar-refractivity contribution in [1.29, 1.82) is 0 Å². The third-order valence-electron chi connectivity index (χ3n) is 3.54. The number of amides is 1. The summed E-state index contributed by atoms with van der Waals surface area (Å²) in [7, 11) is 0. The lowest BCUT2D eigenvalue weighted by Gasteiger charge is -2.41. The first-order valence-corrected chi connectivity index (χ1v) is 7.99. The molecule has 0 aliphatic carbocycles. The van der Waals surface area contributed by atoms with E-state index in [1.807, 2.05) is 33.8 Å². The molecule has 0 aromatic carbocycles. The van der Waals surface area contributed by atoms with Crippen molar-refractivity contribution in [2.75, 3.05) is 24.5 Å². The first-order chi connectivity index (χ1) is 10.8. The summed E-state index contributed by atoms with van der Waals surface area (Å²) < 4.78 is 5.47. The van der Waals surface area contributed by atoms with Crippen LogP contribution in [-0.4, -0.2) is 52.4 Å². The van der Waals surface area contributed by atoms with E-state index in [1.54, 1.807) is 17.3 Å². The summed E-state index contributed by atoms with van der Waals surface area (Å²) in [5, 5.41) is 2.38. The van der Waals surface area contributed by atoms with Gasteiger partial charge in [-0.25, -0.2) is 4.79 Å². The second-order valence-corrected chi connectivity index (χ2v) is 6.72. The number of carbonyl (C=O) groups excluding carboxylic acids is 1. The number of piperazine rings is 1. The Labute approximate surface area is 142 Å². The Morgan fingerprint density at radius 1 is 1.48 bits per heavy atom. The van der Waals surface area contributed by atoms with Gasteiger partial charge in [-0.1, -0.05) is 0 Å². The van der Waals surface area contributed by atoms with Crippen LogP contribution in [0.4, 0.5) is 16.2 Å². The van der Waals surface area contributed by atoms with Crippen molar-refractivity contribution in [3.63, 3.8) is 0 Å². The van der Waals surface area contributed by atoms with E-state index in [-0.39, 0.29) is 12.1 Å². The van der Waals surface area contributed by atoms with Crippen LogP contribution in [0.1, 0.15) is 27.7 Å². The number of ether oxygens (including phenoxy) is 1. The first kappa shape index (κ1) is 17.4. The van der Waals surface area contributed by atoms with Crippen LogP contribution in [-0.2, 0) is 4.74 Å². The molecule has 0 radical (unpaired) electrons. The van der Waals surface area contributed by atoms with Gasteiger partial charge in [0.25, 0.3) is 0 Å². The Bertz CT molecular complexity index is 623. The fraction of sp³-hybridized carbons (Fsp3) is 0.562. The number of pyridine rings is 1. The molecule has 0 unspecified atom stereocenters. The lowest BCUT2D eigenvalue weighted by molar-refractivity contribution is 0.0159. The number of aromatic nitrogens is 1. The molecule has 0 N–H and O–H groups in total. The number of hydrogen-bond donors (Lipinski definition) is 0. The zero-order chi connectivity index (χ0) is 17.0. The molecule has 1 fully saturated rings. The largest absolute Gasteiger partial charge is 0.444 e. The van der Waals surface area contributed by atoms with Crippen LogP contribution in [0.2, 0.25) is 0 Å². The van der Waals surface area contributed by atoms with E-state index < -0.39 is 5.60 Å². The third-order valence-corrected chi connectivity index (χ3v) is 3.63. The number of isothiocyanates is 1. The normalized spacial score (nSPS) is 18.3. The van der Waals surface area contributed by atoms with Crippen LogP contribution < -0.4 is 4.90 Å². The molecule has 23 heavy (non-hydrogen) atoms. The third kappa shape index (κ3) is 4.50. The van der Waals surface area contributed by atoms with Gasteiger partial charge >= 0.3 is 6.09 Å². The van der Waals surface area contributed by atoms with E-state index >= 15 is 0 Å². The Morgan fingerprint density at radius 2 is 2.22 bits per heavy atom. The van der Waals surface area contributed by atoms with Crippen LogP contribution in [0.3, 0.4) is 0 Å². The average molecular weight is 334 g/mol. The second kappa shape index (κ2) is 7.06. The highest BCUT2D eigenvalue weighted by molar-refractivity contribution is 7.78. The highest BCUT2D eigenvalue weighted by atomic mass is 32.1. The van der Waals surface area contributed by atoms with E-state index in [1.165, 1.54) is 0 Å². The molecule has 0 bridgehead atoms. The molecule has 1 aliphatic rings. The smallest absolute Gasteiger partial charge is 0.410 e. The number of anilines is 1. The highest BCUT2D eigenvalue weighted by Crippen LogP contribution is 2.29. The van der Waals surface area contributed by atoms with Crippen LogP contribution >= 0.6 is 12.2 Å². The minimum absolute atomic E-state index is 0.0380. The standard InChI is InChI=1S/C16H22N4O2S/c1-12-10-19(14-5-6-17-9-13(14)18-11-23)7-8-20(12)15(21)22-16(2,3)4/h5-6,9,12H,7-8,10H2,1-4H3/t12-/m0/s1. The Kier molecular flexibility index (Phi) is 5.34. The van der Waals surface area contributed by atoms with Gasteiger partial charge in [0, 0.05) is 31.9 Å². The molecule has 1 aromatic rings. The van der Waals surface area contributed by atoms with Crippen LogP contribution in [0, 0.1) is 0 Å². The summed E-state index contributed by atoms with van der Waals surface area (Å²) in [6.07, 6.45) is 3.12. The summed E-state index contributed by atoms with van der Waals surface area (Å²) >= 11 is 4.69. The Hall–Kier alpha value is -1.98. The summed E-state index contributed by atoms with van der Waals surface area (Å²) in [5.41, 5.74) is 1.16. The van der Waals surface area contributed by atoms with Gasteiger partial charge in [0.2, 0.25) is 0 Å². The maximum absolute atomic E-state index is 12.3. The summed E-state index contributed by atoms with van der Waals surface area (Å²) in [5.74, 6) is 0. The number of nitrogens with zero attached hydrogens (tertiary/aromatic N) is 4. The minimum atomic E-state index is -0.486. The van der Waals surface area contributed by atoms with Gasteiger partial charge < -0.3 is 14.5 Å². The van der Waals surface area contributed by atoms with E-state index in [2.05, 4.69) is 32.3 Å². The SMILES string of the molecule is C[C@H]1CN(c2ccncc2N=C=S)CCN1C(=O)OC(C)(C)C. The van der Waals surface area contributed by atoms with Gasteiger partial charge in [0.15, 0.2) is 0 Å². The fourth-order valence-corrected chi connectivity index (χ4v) is 2.65. The molecule has 2 rings (SSSR count). The fourth-order valence-electron chi connectivity index (χ4n) is 2.55. The Morgan fingerprint density at radius 3 is 2.83 bits per heavy atom. The van der Waals surface area contributed by atoms with Crippen molar-refractivity contribution in [1.82, 2.24) is 9.88 Å². The predicted octanol–water partition coefficient (Wildman–Crippen LogP) is 3.26. The highest BCUT2D eigenvalue weighted by Gasteiger charge is 2.31. The first-order valence-electron chi connectivity index (χ1n) is 7.58. The molecule has 2 heterocycles. The molecule has 0 spiro atoms. The van der Waals surface area contributed by atoms with Crippen molar-refractivity contribution in [2.45, 2.75) is 39.3 Å². The topological polar surface area (TPSA) is 58.0 Å². The van der Waals surface area contributed by atoms with Crippen molar-refractivity contribution < 1.29 is 9.53 Å². The number of aliphatic imine (C=N–C) groups is 1.